The Labute approximate surface area is 170 Å². The highest BCUT2D eigenvalue weighted by atomic mass is 32.2. The third-order valence-corrected chi connectivity index (χ3v) is 8.15. The highest BCUT2D eigenvalue weighted by Crippen LogP contribution is 2.24. The van der Waals surface area contributed by atoms with Crippen LogP contribution in [0.15, 0.2) is 29.2 Å². The first-order chi connectivity index (χ1) is 13.3. The number of rotatable bonds is 5. The van der Waals surface area contributed by atoms with Gasteiger partial charge in [0.05, 0.1) is 23.4 Å². The number of nitrogens with zero attached hydrogens (tertiary/aromatic N) is 4. The van der Waals surface area contributed by atoms with Crippen LogP contribution in [0.2, 0.25) is 0 Å². The lowest BCUT2D eigenvalue weighted by molar-refractivity contribution is -0.132. The Morgan fingerprint density at radius 2 is 1.96 bits per heavy atom. The van der Waals surface area contributed by atoms with Gasteiger partial charge < -0.3 is 4.90 Å². The molecule has 2 aliphatic rings. The molecule has 152 valence electrons. The topological polar surface area (TPSA) is 111 Å². The minimum atomic E-state index is -3.51. The molecule has 0 saturated carbocycles. The Hall–Kier alpha value is -1.64. The van der Waals surface area contributed by atoms with E-state index in [4.69, 9.17) is 11.1 Å². The van der Waals surface area contributed by atoms with Gasteiger partial charge in [0.25, 0.3) is 0 Å². The molecule has 0 aromatic heterocycles. The summed E-state index contributed by atoms with van der Waals surface area (Å²) in [4.78, 5) is 14.3. The summed E-state index contributed by atoms with van der Waals surface area (Å²) in [6, 6.07) is 8.52. The molecule has 2 N–H and O–H groups in total. The van der Waals surface area contributed by atoms with Gasteiger partial charge >= 0.3 is 0 Å². The Kier molecular flexibility index (Phi) is 6.62. The second-order valence-corrected chi connectivity index (χ2v) is 10.1. The van der Waals surface area contributed by atoms with Gasteiger partial charge in [0.1, 0.15) is 6.04 Å². The molecule has 0 spiro atoms. The van der Waals surface area contributed by atoms with Crippen LogP contribution in [0, 0.1) is 18.3 Å². The van der Waals surface area contributed by atoms with E-state index in [1.54, 1.807) is 40.9 Å². The zero-order valence-corrected chi connectivity index (χ0v) is 17.5. The molecule has 10 heteroatoms. The first kappa shape index (κ1) is 21.1. The molecule has 2 aliphatic heterocycles. The van der Waals surface area contributed by atoms with Crippen LogP contribution in [0.5, 0.6) is 0 Å². The number of piperidine rings is 1. The molecule has 2 fully saturated rings. The van der Waals surface area contributed by atoms with Gasteiger partial charge in [0.2, 0.25) is 15.9 Å². The van der Waals surface area contributed by atoms with Crippen molar-refractivity contribution in [2.24, 2.45) is 5.84 Å². The Bertz CT molecular complexity index is 845. The van der Waals surface area contributed by atoms with Crippen LogP contribution in [0.1, 0.15) is 18.4 Å². The molecule has 8 nitrogen and oxygen atoms in total. The summed E-state index contributed by atoms with van der Waals surface area (Å²) in [5.41, 5.74) is 1.01. The van der Waals surface area contributed by atoms with Crippen molar-refractivity contribution >= 4 is 27.7 Å². The van der Waals surface area contributed by atoms with Crippen molar-refractivity contribution in [1.82, 2.24) is 14.2 Å². The minimum absolute atomic E-state index is 0.0358. The van der Waals surface area contributed by atoms with Crippen molar-refractivity contribution in [2.75, 3.05) is 31.3 Å². The van der Waals surface area contributed by atoms with Crippen LogP contribution in [0.25, 0.3) is 0 Å². The highest BCUT2D eigenvalue weighted by Gasteiger charge is 2.34. The molecule has 0 radical (unpaired) electrons. The van der Waals surface area contributed by atoms with Crippen LogP contribution >= 0.6 is 11.8 Å². The fourth-order valence-corrected chi connectivity index (χ4v) is 6.02. The number of hydrogen-bond donors (Lipinski definition) is 1. The van der Waals surface area contributed by atoms with Gasteiger partial charge in [-0.05, 0) is 31.9 Å². The zero-order valence-electron chi connectivity index (χ0n) is 15.8. The van der Waals surface area contributed by atoms with Crippen molar-refractivity contribution < 1.29 is 13.2 Å². The first-order valence-electron chi connectivity index (χ1n) is 9.18. The number of nitriles is 1. The molecule has 3 rings (SSSR count). The number of carbonyl (C=O) groups is 1. The molecular formula is C18H25N5O3S2. The maximum atomic E-state index is 12.8. The standard InChI is InChI=1S/C18H25N5O3S2/c1-14-2-4-17(5-3-14)28(25,26)21-8-6-15(7-9-21)23(20)11-18(24)22-13-27-12-16(22)10-19/h2-5,15-16H,6-9,11-13,20H2,1H3/t16-/m1/s1. The van der Waals surface area contributed by atoms with Gasteiger partial charge in [-0.25, -0.2) is 13.4 Å². The summed E-state index contributed by atoms with van der Waals surface area (Å²) in [7, 11) is -3.51. The number of thioether (sulfide) groups is 1. The molecule has 1 aromatic carbocycles. The largest absolute Gasteiger partial charge is 0.315 e. The number of sulfonamides is 1. The Morgan fingerprint density at radius 1 is 1.32 bits per heavy atom. The highest BCUT2D eigenvalue weighted by molar-refractivity contribution is 7.99. The Balaban J connectivity index is 1.55. The van der Waals surface area contributed by atoms with Crippen molar-refractivity contribution in [2.45, 2.75) is 36.7 Å². The molecule has 2 heterocycles. The smallest absolute Gasteiger partial charge is 0.243 e. The quantitative estimate of drug-likeness (QED) is 0.549. The predicted octanol–water partition coefficient (Wildman–Crippen LogP) is 0.749. The third kappa shape index (κ3) is 4.50. The lowest BCUT2D eigenvalue weighted by atomic mass is 10.1. The van der Waals surface area contributed by atoms with Crippen molar-refractivity contribution in [3.63, 3.8) is 0 Å². The maximum Gasteiger partial charge on any atom is 0.243 e. The molecule has 1 aromatic rings. The number of hydrazine groups is 1. The molecular weight excluding hydrogens is 398 g/mol. The van der Waals surface area contributed by atoms with Gasteiger partial charge in [-0.2, -0.15) is 9.57 Å². The lowest BCUT2D eigenvalue weighted by Gasteiger charge is -2.36. The van der Waals surface area contributed by atoms with Gasteiger partial charge in [-0.3, -0.25) is 10.6 Å². The summed E-state index contributed by atoms with van der Waals surface area (Å²) in [5.74, 6) is 7.09. The molecule has 1 amide bonds. The van der Waals surface area contributed by atoms with E-state index in [-0.39, 0.29) is 18.5 Å². The number of benzene rings is 1. The molecule has 1 atom stereocenters. The second-order valence-electron chi connectivity index (χ2n) is 7.13. The first-order valence-corrected chi connectivity index (χ1v) is 11.8. The SMILES string of the molecule is Cc1ccc(S(=O)(=O)N2CCC(N(N)CC(=O)N3CSC[C@H]3C#N)CC2)cc1. The number of amides is 1. The summed E-state index contributed by atoms with van der Waals surface area (Å²) < 4.78 is 27.0. The fraction of sp³-hybridized carbons (Fsp3) is 0.556. The summed E-state index contributed by atoms with van der Waals surface area (Å²) in [5, 5.41) is 10.6. The van der Waals surface area contributed by atoms with E-state index < -0.39 is 16.1 Å². The molecule has 0 aliphatic carbocycles. The molecule has 0 unspecified atom stereocenters. The average molecular weight is 424 g/mol. The maximum absolute atomic E-state index is 12.8. The van der Waals surface area contributed by atoms with Gasteiger partial charge in [0.15, 0.2) is 0 Å². The normalized spacial score (nSPS) is 21.8. The van der Waals surface area contributed by atoms with Crippen molar-refractivity contribution in [3.8, 4) is 6.07 Å². The van der Waals surface area contributed by atoms with Gasteiger partial charge in [-0.15, -0.1) is 11.8 Å². The average Bonchev–Trinajstić information content (AvgIpc) is 3.17. The van der Waals surface area contributed by atoms with E-state index in [2.05, 4.69) is 6.07 Å². The van der Waals surface area contributed by atoms with E-state index >= 15 is 0 Å². The molecule has 0 bridgehead atoms. The summed E-state index contributed by atoms with van der Waals surface area (Å²) in [6.07, 6.45) is 1.12. The minimum Gasteiger partial charge on any atom is -0.315 e. The van der Waals surface area contributed by atoms with Gasteiger partial charge in [0, 0.05) is 24.9 Å². The van der Waals surface area contributed by atoms with Crippen LogP contribution in [0.3, 0.4) is 0 Å². The molecule has 28 heavy (non-hydrogen) atoms. The fourth-order valence-electron chi connectivity index (χ4n) is 3.44. The molecule has 2 saturated heterocycles. The summed E-state index contributed by atoms with van der Waals surface area (Å²) in [6.45, 7) is 2.68. The van der Waals surface area contributed by atoms with E-state index in [0.29, 0.717) is 42.5 Å². The lowest BCUT2D eigenvalue weighted by Crippen LogP contribution is -2.53. The van der Waals surface area contributed by atoms with Crippen LogP contribution < -0.4 is 5.84 Å². The number of hydrogen-bond acceptors (Lipinski definition) is 7. The number of carbonyl (C=O) groups excluding carboxylic acids is 1. The van der Waals surface area contributed by atoms with Crippen molar-refractivity contribution in [1.29, 1.82) is 5.26 Å². The number of aryl methyl sites for hydroxylation is 1. The van der Waals surface area contributed by atoms with Gasteiger partial charge in [-0.1, -0.05) is 17.7 Å². The third-order valence-electron chi connectivity index (χ3n) is 5.22. The van der Waals surface area contributed by atoms with E-state index in [0.717, 1.165) is 5.56 Å². The zero-order chi connectivity index (χ0) is 20.3. The van der Waals surface area contributed by atoms with Crippen LogP contribution in [0.4, 0.5) is 0 Å². The Morgan fingerprint density at radius 3 is 2.57 bits per heavy atom. The van der Waals surface area contributed by atoms with Crippen LogP contribution in [-0.4, -0.2) is 71.9 Å². The van der Waals surface area contributed by atoms with E-state index in [1.807, 2.05) is 6.92 Å². The van der Waals surface area contributed by atoms with Crippen LogP contribution in [-0.2, 0) is 14.8 Å². The second kappa shape index (κ2) is 8.80. The monoisotopic (exact) mass is 423 g/mol. The van der Waals surface area contributed by atoms with E-state index in [9.17, 15) is 13.2 Å². The van der Waals surface area contributed by atoms with E-state index in [1.165, 1.54) is 9.31 Å². The predicted molar refractivity (Wildman–Crippen MR) is 107 cm³/mol. The number of nitrogens with two attached hydrogens (primary N) is 1. The van der Waals surface area contributed by atoms with Crippen molar-refractivity contribution in [3.05, 3.63) is 29.8 Å². The summed E-state index contributed by atoms with van der Waals surface area (Å²) >= 11 is 1.56.